The minimum atomic E-state index is -0.000297. The lowest BCUT2D eigenvalue weighted by molar-refractivity contribution is -0.129. The number of nitrogens with zero attached hydrogens (tertiary/aromatic N) is 1. The highest BCUT2D eigenvalue weighted by atomic mass is 16.5. The summed E-state index contributed by atoms with van der Waals surface area (Å²) in [6, 6.07) is 17.8. The van der Waals surface area contributed by atoms with Crippen LogP contribution in [0.4, 0.5) is 0 Å². The summed E-state index contributed by atoms with van der Waals surface area (Å²) < 4.78 is 10.6. The molecule has 0 aliphatic carbocycles. The molecule has 0 bridgehead atoms. The van der Waals surface area contributed by atoms with Gasteiger partial charge in [0.05, 0.1) is 20.3 Å². The van der Waals surface area contributed by atoms with Crippen molar-refractivity contribution < 1.29 is 14.3 Å². The molecule has 1 heterocycles. The Hall–Kier alpha value is -2.79. The summed E-state index contributed by atoms with van der Waals surface area (Å²) in [5, 5.41) is 3.40. The van der Waals surface area contributed by atoms with E-state index in [4.69, 9.17) is 9.47 Å². The molecule has 5 heteroatoms. The lowest BCUT2D eigenvalue weighted by Crippen LogP contribution is -2.40. The van der Waals surface area contributed by atoms with Gasteiger partial charge in [0.2, 0.25) is 5.91 Å². The molecule has 1 amide bonds. The first-order chi connectivity index (χ1) is 12.8. The van der Waals surface area contributed by atoms with Crippen LogP contribution < -0.4 is 10.1 Å². The highest BCUT2D eigenvalue weighted by Crippen LogP contribution is 2.18. The van der Waals surface area contributed by atoms with Crippen LogP contribution in [-0.2, 0) is 16.1 Å². The molecule has 136 valence electrons. The fourth-order valence-corrected chi connectivity index (χ4v) is 2.80. The standard InChI is InChI=1S/C21H24N2O3/c1-25-19-9-7-18(8-10-19)20(22-16-17-5-3-2-4-6-17)15-21(24)23-11-13-26-14-12-23/h2-10,15,22H,11-14,16H2,1H3/b20-15-. The maximum absolute atomic E-state index is 12.6. The Morgan fingerprint density at radius 1 is 1.12 bits per heavy atom. The molecule has 0 aromatic heterocycles. The third-order valence-corrected chi connectivity index (χ3v) is 4.32. The summed E-state index contributed by atoms with van der Waals surface area (Å²) in [6.07, 6.45) is 1.68. The Morgan fingerprint density at radius 2 is 1.81 bits per heavy atom. The van der Waals surface area contributed by atoms with Crippen LogP contribution in [0.1, 0.15) is 11.1 Å². The Labute approximate surface area is 154 Å². The molecule has 1 aliphatic rings. The van der Waals surface area contributed by atoms with Crippen LogP contribution in [0.3, 0.4) is 0 Å². The van der Waals surface area contributed by atoms with Crippen LogP contribution in [0, 0.1) is 0 Å². The molecule has 0 saturated carbocycles. The SMILES string of the molecule is COc1ccc(/C(=C/C(=O)N2CCOCC2)NCc2ccccc2)cc1. The van der Waals surface area contributed by atoms with Crippen molar-refractivity contribution in [3.63, 3.8) is 0 Å². The van der Waals surface area contributed by atoms with Crippen LogP contribution in [0.5, 0.6) is 5.75 Å². The molecule has 0 radical (unpaired) electrons. The van der Waals surface area contributed by atoms with Crippen LogP contribution in [0.25, 0.3) is 5.70 Å². The average Bonchev–Trinajstić information content (AvgIpc) is 2.72. The molecule has 1 fully saturated rings. The van der Waals surface area contributed by atoms with Crippen molar-refractivity contribution in [2.75, 3.05) is 33.4 Å². The van der Waals surface area contributed by atoms with Gasteiger partial charge >= 0.3 is 0 Å². The van der Waals surface area contributed by atoms with Crippen molar-refractivity contribution >= 4 is 11.6 Å². The number of ether oxygens (including phenoxy) is 2. The predicted octanol–water partition coefficient (Wildman–Crippen LogP) is 2.68. The Morgan fingerprint density at radius 3 is 2.46 bits per heavy atom. The molecule has 0 atom stereocenters. The van der Waals surface area contributed by atoms with E-state index in [0.29, 0.717) is 32.8 Å². The largest absolute Gasteiger partial charge is 0.497 e. The van der Waals surface area contributed by atoms with Gasteiger partial charge in [0.25, 0.3) is 0 Å². The second-order valence-corrected chi connectivity index (χ2v) is 6.06. The van der Waals surface area contributed by atoms with E-state index in [2.05, 4.69) is 17.4 Å². The van der Waals surface area contributed by atoms with Crippen molar-refractivity contribution in [2.45, 2.75) is 6.54 Å². The molecule has 1 aliphatic heterocycles. The van der Waals surface area contributed by atoms with Gasteiger partial charge in [-0.2, -0.15) is 0 Å². The number of rotatable bonds is 6. The van der Waals surface area contributed by atoms with Gasteiger partial charge in [-0.05, 0) is 35.4 Å². The van der Waals surface area contributed by atoms with Gasteiger partial charge in [0.15, 0.2) is 0 Å². The Kier molecular flexibility index (Phi) is 6.28. The number of carbonyl (C=O) groups excluding carboxylic acids is 1. The van der Waals surface area contributed by atoms with Crippen molar-refractivity contribution in [1.82, 2.24) is 10.2 Å². The summed E-state index contributed by atoms with van der Waals surface area (Å²) in [4.78, 5) is 14.5. The number of hydrogen-bond acceptors (Lipinski definition) is 4. The normalized spacial score (nSPS) is 14.8. The van der Waals surface area contributed by atoms with E-state index >= 15 is 0 Å². The second kappa shape index (κ2) is 9.06. The molecular formula is C21H24N2O3. The maximum Gasteiger partial charge on any atom is 0.248 e. The van der Waals surface area contributed by atoms with E-state index in [0.717, 1.165) is 22.6 Å². The van der Waals surface area contributed by atoms with Gasteiger partial charge < -0.3 is 19.7 Å². The number of amides is 1. The van der Waals surface area contributed by atoms with E-state index in [1.165, 1.54) is 0 Å². The van der Waals surface area contributed by atoms with Crippen LogP contribution in [0.15, 0.2) is 60.7 Å². The third-order valence-electron chi connectivity index (χ3n) is 4.32. The molecule has 2 aromatic carbocycles. The molecule has 0 unspecified atom stereocenters. The first-order valence-electron chi connectivity index (χ1n) is 8.77. The lowest BCUT2D eigenvalue weighted by Gasteiger charge is -2.26. The predicted molar refractivity (Wildman–Crippen MR) is 102 cm³/mol. The van der Waals surface area contributed by atoms with Crippen LogP contribution in [-0.4, -0.2) is 44.2 Å². The zero-order chi connectivity index (χ0) is 18.2. The summed E-state index contributed by atoms with van der Waals surface area (Å²) in [6.45, 7) is 3.09. The minimum Gasteiger partial charge on any atom is -0.497 e. The number of carbonyl (C=O) groups is 1. The number of nitrogens with one attached hydrogen (secondary N) is 1. The van der Waals surface area contributed by atoms with E-state index in [9.17, 15) is 4.79 Å². The van der Waals surface area contributed by atoms with Crippen LogP contribution in [0.2, 0.25) is 0 Å². The fourth-order valence-electron chi connectivity index (χ4n) is 2.80. The van der Waals surface area contributed by atoms with Crippen molar-refractivity contribution in [3.8, 4) is 5.75 Å². The summed E-state index contributed by atoms with van der Waals surface area (Å²) in [5.74, 6) is 0.787. The minimum absolute atomic E-state index is 0.000297. The Balaban J connectivity index is 1.79. The van der Waals surface area contributed by atoms with Gasteiger partial charge in [-0.3, -0.25) is 4.79 Å². The smallest absolute Gasteiger partial charge is 0.248 e. The first-order valence-corrected chi connectivity index (χ1v) is 8.77. The topological polar surface area (TPSA) is 50.8 Å². The summed E-state index contributed by atoms with van der Waals surface area (Å²) in [7, 11) is 1.64. The van der Waals surface area contributed by atoms with Gasteiger partial charge in [0.1, 0.15) is 5.75 Å². The van der Waals surface area contributed by atoms with E-state index < -0.39 is 0 Å². The first kappa shape index (κ1) is 18.0. The van der Waals surface area contributed by atoms with E-state index in [-0.39, 0.29) is 5.91 Å². The zero-order valence-corrected chi connectivity index (χ0v) is 15.0. The van der Waals surface area contributed by atoms with Gasteiger partial charge in [-0.15, -0.1) is 0 Å². The lowest BCUT2D eigenvalue weighted by atomic mass is 10.1. The highest BCUT2D eigenvalue weighted by molar-refractivity contribution is 5.95. The van der Waals surface area contributed by atoms with Crippen molar-refractivity contribution in [3.05, 3.63) is 71.8 Å². The molecule has 0 spiro atoms. The summed E-state index contributed by atoms with van der Waals surface area (Å²) >= 11 is 0. The van der Waals surface area contributed by atoms with Gasteiger partial charge in [-0.1, -0.05) is 30.3 Å². The molecule has 2 aromatic rings. The van der Waals surface area contributed by atoms with Crippen molar-refractivity contribution in [2.24, 2.45) is 0 Å². The fraction of sp³-hybridized carbons (Fsp3) is 0.286. The Bertz CT molecular complexity index is 736. The quantitative estimate of drug-likeness (QED) is 0.812. The number of morpholine rings is 1. The van der Waals surface area contributed by atoms with Crippen molar-refractivity contribution in [1.29, 1.82) is 0 Å². The van der Waals surface area contributed by atoms with Gasteiger partial charge in [-0.25, -0.2) is 0 Å². The average molecular weight is 352 g/mol. The highest BCUT2D eigenvalue weighted by Gasteiger charge is 2.16. The number of methoxy groups -OCH3 is 1. The second-order valence-electron chi connectivity index (χ2n) is 6.06. The van der Waals surface area contributed by atoms with Gasteiger partial charge in [0, 0.05) is 31.4 Å². The molecule has 5 nitrogen and oxygen atoms in total. The third kappa shape index (κ3) is 4.86. The summed E-state index contributed by atoms with van der Waals surface area (Å²) in [5.41, 5.74) is 2.90. The molecule has 1 saturated heterocycles. The molecular weight excluding hydrogens is 328 g/mol. The van der Waals surface area contributed by atoms with Crippen LogP contribution >= 0.6 is 0 Å². The zero-order valence-electron chi connectivity index (χ0n) is 15.0. The van der Waals surface area contributed by atoms with E-state index in [1.807, 2.05) is 47.4 Å². The maximum atomic E-state index is 12.6. The number of hydrogen-bond donors (Lipinski definition) is 1. The van der Waals surface area contributed by atoms with E-state index in [1.54, 1.807) is 13.2 Å². The number of benzene rings is 2. The molecule has 26 heavy (non-hydrogen) atoms. The molecule has 3 rings (SSSR count). The molecule has 1 N–H and O–H groups in total. The monoisotopic (exact) mass is 352 g/mol.